The molecule has 3 aliphatic rings. The van der Waals surface area contributed by atoms with Crippen molar-refractivity contribution in [3.63, 3.8) is 0 Å². The van der Waals surface area contributed by atoms with E-state index in [9.17, 15) is 9.90 Å². The summed E-state index contributed by atoms with van der Waals surface area (Å²) in [4.78, 5) is 33.8. The number of aliphatic hydroxyl groups excluding tert-OH is 1. The Labute approximate surface area is 207 Å². The van der Waals surface area contributed by atoms with Gasteiger partial charge in [-0.3, -0.25) is 24.9 Å². The van der Waals surface area contributed by atoms with Crippen molar-refractivity contribution in [3.8, 4) is 11.5 Å². The molecule has 1 aromatic heterocycles. The molecule has 2 aromatic rings. The minimum Gasteiger partial charge on any atom is -0.491 e. The number of carbonyl (C=O) groups is 1. The highest BCUT2D eigenvalue weighted by Gasteiger charge is 2.33. The maximum Gasteiger partial charge on any atom is 0.261 e. The summed E-state index contributed by atoms with van der Waals surface area (Å²) in [6.45, 7) is 4.59. The lowest BCUT2D eigenvalue weighted by atomic mass is 10.1. The lowest BCUT2D eigenvalue weighted by Crippen LogP contribution is -2.47. The van der Waals surface area contributed by atoms with Crippen LogP contribution in [-0.4, -0.2) is 108 Å². The lowest BCUT2D eigenvalue weighted by Gasteiger charge is -2.29. The van der Waals surface area contributed by atoms with Gasteiger partial charge in [0.2, 0.25) is 11.9 Å². The number of β-amino-alcohol motifs (C(OH)–C–C–N with tert-alkyl or cyclic N) is 1. The van der Waals surface area contributed by atoms with Crippen LogP contribution >= 0.6 is 0 Å². The van der Waals surface area contributed by atoms with E-state index in [1.54, 1.807) is 6.07 Å². The van der Waals surface area contributed by atoms with Crippen LogP contribution in [0.5, 0.6) is 11.5 Å². The Kier molecular flexibility index (Phi) is 6.93. The van der Waals surface area contributed by atoms with Gasteiger partial charge in [0.25, 0.3) is 5.91 Å². The van der Waals surface area contributed by atoms with Crippen LogP contribution in [0.15, 0.2) is 34.5 Å². The van der Waals surface area contributed by atoms with Crippen molar-refractivity contribution in [2.45, 2.75) is 6.10 Å². The van der Waals surface area contributed by atoms with E-state index in [1.165, 1.54) is 19.5 Å². The number of nitrogens with two attached hydrogens (primary N) is 1. The van der Waals surface area contributed by atoms with E-state index in [2.05, 4.69) is 25.2 Å². The topological polar surface area (TPSA) is 160 Å². The zero-order chi connectivity index (χ0) is 25.1. The summed E-state index contributed by atoms with van der Waals surface area (Å²) in [5.41, 5.74) is 7.01. The first-order chi connectivity index (χ1) is 17.5. The number of morpholine rings is 1. The molecule has 1 amide bonds. The third kappa shape index (κ3) is 4.94. The van der Waals surface area contributed by atoms with Gasteiger partial charge in [-0.05, 0) is 12.1 Å². The number of fused-ring (bicyclic) bond motifs is 3. The summed E-state index contributed by atoms with van der Waals surface area (Å²) < 4.78 is 17.0. The van der Waals surface area contributed by atoms with Gasteiger partial charge >= 0.3 is 0 Å². The number of aliphatic hydroxyl groups is 1. The average Bonchev–Trinajstić information content (AvgIpc) is 3.39. The Bertz CT molecular complexity index is 1180. The number of anilines is 1. The summed E-state index contributed by atoms with van der Waals surface area (Å²) in [6.07, 6.45) is 2.02. The highest BCUT2D eigenvalue weighted by atomic mass is 16.5. The molecule has 36 heavy (non-hydrogen) atoms. The Hall–Kier alpha value is -3.81. The Morgan fingerprint density at radius 2 is 2.03 bits per heavy atom. The molecule has 13 heteroatoms. The smallest absolute Gasteiger partial charge is 0.261 e. The maximum atomic E-state index is 12.8. The zero-order valence-electron chi connectivity index (χ0n) is 19.9. The highest BCUT2D eigenvalue weighted by molar-refractivity contribution is 6.20. The van der Waals surface area contributed by atoms with E-state index >= 15 is 0 Å². The van der Waals surface area contributed by atoms with Crippen molar-refractivity contribution < 1.29 is 24.1 Å². The van der Waals surface area contributed by atoms with Gasteiger partial charge in [0.05, 0.1) is 32.4 Å². The predicted molar refractivity (Wildman–Crippen MR) is 131 cm³/mol. The van der Waals surface area contributed by atoms with E-state index in [1.807, 2.05) is 11.0 Å². The number of ether oxygens (including phenoxy) is 3. The second-order valence-corrected chi connectivity index (χ2v) is 8.45. The summed E-state index contributed by atoms with van der Waals surface area (Å²) in [5, 5.41) is 13.3. The van der Waals surface area contributed by atoms with E-state index in [0.29, 0.717) is 61.8 Å². The molecule has 0 unspecified atom stereocenters. The van der Waals surface area contributed by atoms with Gasteiger partial charge in [0, 0.05) is 44.1 Å². The molecular formula is C23H28N8O5. The number of nitrogen functional groups attached to an aromatic ring is 1. The first kappa shape index (κ1) is 23.9. The van der Waals surface area contributed by atoms with Crippen LogP contribution in [-0.2, 0) is 4.74 Å². The van der Waals surface area contributed by atoms with Crippen LogP contribution in [0.2, 0.25) is 0 Å². The molecule has 0 bridgehead atoms. The molecule has 0 saturated carbocycles. The van der Waals surface area contributed by atoms with Crippen molar-refractivity contribution in [3.05, 3.63) is 35.7 Å². The molecule has 4 N–H and O–H groups in total. The Morgan fingerprint density at radius 3 is 2.78 bits per heavy atom. The van der Waals surface area contributed by atoms with Gasteiger partial charge in [-0.2, -0.15) is 0 Å². The number of benzene rings is 1. The minimum atomic E-state index is -0.681. The second-order valence-electron chi connectivity index (χ2n) is 8.45. The summed E-state index contributed by atoms with van der Waals surface area (Å²) in [5.74, 6) is 1.47. The van der Waals surface area contributed by atoms with Gasteiger partial charge in [-0.1, -0.05) is 0 Å². The number of aromatic nitrogens is 2. The predicted octanol–water partition coefficient (Wildman–Crippen LogP) is -0.367. The molecule has 5 rings (SSSR count). The number of aliphatic imine (C=N–C) groups is 2. The molecule has 1 aromatic carbocycles. The molecule has 13 nitrogen and oxygen atoms in total. The SMILES string of the molecule is COc1c(OC[C@@H](O)CN2CCOCC2)ccc2c1N=C(NC(=O)c1cnc(N)nc1)N1CCN=C21. The molecule has 0 aliphatic carbocycles. The quantitative estimate of drug-likeness (QED) is 0.461. The summed E-state index contributed by atoms with van der Waals surface area (Å²) >= 11 is 0. The van der Waals surface area contributed by atoms with Gasteiger partial charge in [0.15, 0.2) is 11.5 Å². The number of hydrogen-bond donors (Lipinski definition) is 3. The van der Waals surface area contributed by atoms with Crippen LogP contribution in [0.25, 0.3) is 0 Å². The molecule has 1 saturated heterocycles. The fourth-order valence-electron chi connectivity index (χ4n) is 4.25. The van der Waals surface area contributed by atoms with E-state index < -0.39 is 12.0 Å². The van der Waals surface area contributed by atoms with Gasteiger partial charge < -0.3 is 25.1 Å². The van der Waals surface area contributed by atoms with E-state index in [4.69, 9.17) is 24.9 Å². The largest absolute Gasteiger partial charge is 0.491 e. The molecule has 4 heterocycles. The average molecular weight is 497 g/mol. The van der Waals surface area contributed by atoms with Crippen LogP contribution in [0, 0.1) is 0 Å². The number of rotatable bonds is 7. The monoisotopic (exact) mass is 496 g/mol. The van der Waals surface area contributed by atoms with Crippen molar-refractivity contribution >= 4 is 29.3 Å². The minimum absolute atomic E-state index is 0.0803. The van der Waals surface area contributed by atoms with Crippen molar-refractivity contribution in [2.75, 3.05) is 65.4 Å². The lowest BCUT2D eigenvalue weighted by molar-refractivity contribution is 0.00446. The van der Waals surface area contributed by atoms with E-state index in [0.717, 1.165) is 18.7 Å². The highest BCUT2D eigenvalue weighted by Crippen LogP contribution is 2.43. The van der Waals surface area contributed by atoms with Crippen LogP contribution in [0.4, 0.5) is 11.6 Å². The number of nitrogens with one attached hydrogen (secondary N) is 1. The van der Waals surface area contributed by atoms with Crippen LogP contribution in [0.3, 0.4) is 0 Å². The van der Waals surface area contributed by atoms with Crippen molar-refractivity contribution in [1.29, 1.82) is 0 Å². The first-order valence-corrected chi connectivity index (χ1v) is 11.7. The summed E-state index contributed by atoms with van der Waals surface area (Å²) in [6, 6.07) is 3.64. The van der Waals surface area contributed by atoms with Gasteiger partial charge in [-0.15, -0.1) is 0 Å². The number of guanidine groups is 1. The third-order valence-electron chi connectivity index (χ3n) is 6.02. The molecule has 3 aliphatic heterocycles. The number of carbonyl (C=O) groups excluding carboxylic acids is 1. The number of methoxy groups -OCH3 is 1. The molecular weight excluding hydrogens is 468 g/mol. The summed E-state index contributed by atoms with van der Waals surface area (Å²) in [7, 11) is 1.52. The van der Waals surface area contributed by atoms with Crippen LogP contribution < -0.4 is 20.5 Å². The fraction of sp³-hybridized carbons (Fsp3) is 0.435. The first-order valence-electron chi connectivity index (χ1n) is 11.7. The third-order valence-corrected chi connectivity index (χ3v) is 6.02. The van der Waals surface area contributed by atoms with Crippen molar-refractivity contribution in [2.24, 2.45) is 9.98 Å². The number of nitrogens with zero attached hydrogens (tertiary/aromatic N) is 6. The molecule has 190 valence electrons. The molecule has 0 spiro atoms. The van der Waals surface area contributed by atoms with Gasteiger partial charge in [0.1, 0.15) is 24.2 Å². The Morgan fingerprint density at radius 1 is 1.25 bits per heavy atom. The molecule has 1 fully saturated rings. The van der Waals surface area contributed by atoms with E-state index in [-0.39, 0.29) is 18.1 Å². The van der Waals surface area contributed by atoms with Gasteiger partial charge in [-0.25, -0.2) is 15.0 Å². The Balaban J connectivity index is 1.37. The standard InChI is InChI=1S/C23H28N8O5/c1-34-19-17(36-13-15(32)12-30-6-8-35-9-7-30)3-2-16-18(19)28-23(31-5-4-25-20(16)31)29-21(33)14-10-26-22(24)27-11-14/h2-3,10-11,15,32H,4-9,12-13H2,1H3,(H2,24,26,27)(H,28,29,33)/t15-/m0/s1. The fourth-order valence-corrected chi connectivity index (χ4v) is 4.25. The number of hydrogen-bond acceptors (Lipinski definition) is 12. The molecule has 0 radical (unpaired) electrons. The molecule has 1 atom stereocenters. The second kappa shape index (κ2) is 10.4. The van der Waals surface area contributed by atoms with Crippen molar-refractivity contribution in [1.82, 2.24) is 25.1 Å². The zero-order valence-corrected chi connectivity index (χ0v) is 19.9. The normalized spacial score (nSPS) is 18.0. The maximum absolute atomic E-state index is 12.8. The number of amides is 1. The van der Waals surface area contributed by atoms with Crippen LogP contribution in [0.1, 0.15) is 15.9 Å². The number of amidine groups is 1.